The highest BCUT2D eigenvalue weighted by molar-refractivity contribution is 7.33. The van der Waals surface area contributed by atoms with Crippen LogP contribution in [0.2, 0.25) is 0 Å². The maximum Gasteiger partial charge on any atom is 0.264 e. The lowest BCUT2D eigenvalue weighted by atomic mass is 9.32. The van der Waals surface area contributed by atoms with Crippen LogP contribution < -0.4 is 51.7 Å². The average molecular weight is 819 g/mol. The molecule has 7 heteroatoms. The molecule has 5 heterocycles. The van der Waals surface area contributed by atoms with Gasteiger partial charge in [-0.05, 0) is 124 Å². The molecule has 63 heavy (non-hydrogen) atoms. The van der Waals surface area contributed by atoms with E-state index in [1.807, 2.05) is 11.3 Å². The predicted molar refractivity (Wildman–Crippen MR) is 270 cm³/mol. The van der Waals surface area contributed by atoms with Crippen molar-refractivity contribution in [3.05, 3.63) is 218 Å². The number of nitrogens with zero attached hydrogens (tertiary/aromatic N) is 4. The third-order valence-corrected chi connectivity index (χ3v) is 14.8. The Morgan fingerprint density at radius 1 is 0.302 bits per heavy atom. The van der Waals surface area contributed by atoms with Crippen molar-refractivity contribution in [3.63, 3.8) is 0 Å². The molecule has 0 amide bonds. The molecule has 0 spiro atoms. The zero-order chi connectivity index (χ0) is 41.2. The van der Waals surface area contributed by atoms with Gasteiger partial charge in [0.15, 0.2) is 0 Å². The Hall–Kier alpha value is -7.73. The first-order valence-electron chi connectivity index (χ1n) is 21.8. The minimum atomic E-state index is -0.00204. The highest BCUT2D eigenvalue weighted by Crippen LogP contribution is 2.49. The second kappa shape index (κ2) is 13.4. The van der Waals surface area contributed by atoms with Gasteiger partial charge in [-0.25, -0.2) is 0 Å². The number of benzene rings is 9. The summed E-state index contributed by atoms with van der Waals surface area (Å²) in [7, 11) is 0. The van der Waals surface area contributed by atoms with Crippen LogP contribution in [0, 0.1) is 0 Å². The Labute approximate surface area is 371 Å². The van der Waals surface area contributed by atoms with Gasteiger partial charge in [-0.2, -0.15) is 0 Å². The number of thiophene rings is 1. The number of hydrogen-bond acceptors (Lipinski definition) is 5. The number of rotatable bonds is 4. The smallest absolute Gasteiger partial charge is 0.264 e. The largest absolute Gasteiger partial charge is 0.311 e. The summed E-state index contributed by atoms with van der Waals surface area (Å²) >= 11 is 1.95. The maximum absolute atomic E-state index is 2.58. The molecule has 0 N–H and O–H groups in total. The van der Waals surface area contributed by atoms with Gasteiger partial charge in [0.1, 0.15) is 0 Å². The molecule has 0 saturated carbocycles. The van der Waals surface area contributed by atoms with Gasteiger partial charge >= 0.3 is 0 Å². The molecule has 0 saturated heterocycles. The standard InChI is InChI=1S/C56H36B2N4S/c1-5-19-37(20-6-1)59-45-29-15-14-28-42(45)57-43-35-51-44(36-50(43)60(38-21-7-2-8-22-38)47-31-17-30-46(59)53(47)57)58-54-48(61(51)39-23-9-3-10-24-39)32-18-33-49(54)62(40-25-11-4-12-26-40)55-41-27-13-16-34-52(41)63-56(55)58/h1-36H. The van der Waals surface area contributed by atoms with E-state index in [-0.39, 0.29) is 13.4 Å². The van der Waals surface area contributed by atoms with Gasteiger partial charge in [0.05, 0.1) is 5.69 Å². The van der Waals surface area contributed by atoms with E-state index in [0.29, 0.717) is 0 Å². The van der Waals surface area contributed by atoms with Gasteiger partial charge in [-0.1, -0.05) is 121 Å². The molecule has 4 aliphatic heterocycles. The topological polar surface area (TPSA) is 13.0 Å². The lowest BCUT2D eigenvalue weighted by Gasteiger charge is -2.46. The summed E-state index contributed by atoms with van der Waals surface area (Å²) in [4.78, 5) is 10.1. The Bertz CT molecular complexity index is 3450. The monoisotopic (exact) mass is 818 g/mol. The molecule has 0 atom stereocenters. The van der Waals surface area contributed by atoms with Crippen LogP contribution in [0.3, 0.4) is 0 Å². The number of anilines is 12. The van der Waals surface area contributed by atoms with Crippen LogP contribution in [0.5, 0.6) is 0 Å². The molecule has 0 bridgehead atoms. The van der Waals surface area contributed by atoms with E-state index in [1.165, 1.54) is 93.4 Å². The fraction of sp³-hybridized carbons (Fsp3) is 0. The Kier molecular flexibility index (Phi) is 7.42. The lowest BCUT2D eigenvalue weighted by molar-refractivity contribution is 1.24. The number of fused-ring (bicyclic) bond motifs is 10. The van der Waals surface area contributed by atoms with Gasteiger partial charge in [-0.3, -0.25) is 0 Å². The molecule has 1 aromatic heterocycles. The zero-order valence-corrected chi connectivity index (χ0v) is 35.0. The van der Waals surface area contributed by atoms with Gasteiger partial charge < -0.3 is 19.6 Å². The number of para-hydroxylation sites is 5. The summed E-state index contributed by atoms with van der Waals surface area (Å²) in [6.45, 7) is -0.000753. The fourth-order valence-electron chi connectivity index (χ4n) is 11.2. The third-order valence-electron chi connectivity index (χ3n) is 13.6. The van der Waals surface area contributed by atoms with Crippen molar-refractivity contribution in [2.75, 3.05) is 19.6 Å². The predicted octanol–water partition coefficient (Wildman–Crippen LogP) is 11.1. The van der Waals surface area contributed by atoms with Crippen LogP contribution in [0.1, 0.15) is 0 Å². The molecule has 10 aromatic rings. The molecule has 292 valence electrons. The summed E-state index contributed by atoms with van der Waals surface area (Å²) in [6, 6.07) is 80.8. The normalized spacial score (nSPS) is 13.8. The van der Waals surface area contributed by atoms with Crippen LogP contribution in [0.4, 0.5) is 68.2 Å². The van der Waals surface area contributed by atoms with E-state index in [4.69, 9.17) is 0 Å². The van der Waals surface area contributed by atoms with E-state index in [1.54, 1.807) is 0 Å². The van der Waals surface area contributed by atoms with Gasteiger partial charge in [0.2, 0.25) is 0 Å². The zero-order valence-electron chi connectivity index (χ0n) is 34.1. The Balaban J connectivity index is 1.10. The van der Waals surface area contributed by atoms with E-state index in [0.717, 1.165) is 17.1 Å². The molecule has 0 radical (unpaired) electrons. The van der Waals surface area contributed by atoms with E-state index in [9.17, 15) is 0 Å². The second-order valence-electron chi connectivity index (χ2n) is 16.8. The van der Waals surface area contributed by atoms with E-state index < -0.39 is 0 Å². The molecule has 0 fully saturated rings. The van der Waals surface area contributed by atoms with Crippen LogP contribution in [0.15, 0.2) is 218 Å². The van der Waals surface area contributed by atoms with E-state index >= 15 is 0 Å². The maximum atomic E-state index is 2.58. The molecular weight excluding hydrogens is 782 g/mol. The third kappa shape index (κ3) is 4.88. The highest BCUT2D eigenvalue weighted by atomic mass is 32.1. The lowest BCUT2D eigenvalue weighted by Crippen LogP contribution is -2.64. The minimum absolute atomic E-state index is 0.00129. The van der Waals surface area contributed by atoms with Crippen LogP contribution >= 0.6 is 11.3 Å². The van der Waals surface area contributed by atoms with Crippen LogP contribution in [-0.4, -0.2) is 13.4 Å². The average Bonchev–Trinajstić information content (AvgIpc) is 3.73. The Morgan fingerprint density at radius 2 is 0.698 bits per heavy atom. The molecule has 14 rings (SSSR count). The van der Waals surface area contributed by atoms with Crippen molar-refractivity contribution >= 4 is 135 Å². The van der Waals surface area contributed by atoms with E-state index in [2.05, 4.69) is 238 Å². The summed E-state index contributed by atoms with van der Waals surface area (Å²) in [5.74, 6) is 0. The van der Waals surface area contributed by atoms with Crippen molar-refractivity contribution < 1.29 is 0 Å². The molecule has 4 nitrogen and oxygen atoms in total. The Morgan fingerprint density at radius 3 is 1.25 bits per heavy atom. The van der Waals surface area contributed by atoms with Crippen LogP contribution in [0.25, 0.3) is 10.1 Å². The van der Waals surface area contributed by atoms with Crippen molar-refractivity contribution in [2.24, 2.45) is 0 Å². The SMILES string of the molecule is c1ccc(N2c3ccccc3B3c4cc5c(cc4N(c4ccccc4)c4cccc2c43)B2c3sc4ccccc4c3N(c3ccccc3)c3cccc(c32)N5c2ccccc2)cc1. The summed E-state index contributed by atoms with van der Waals surface area (Å²) in [5, 5.41) is 1.29. The summed E-state index contributed by atoms with van der Waals surface area (Å²) in [5.41, 5.74) is 21.0. The summed E-state index contributed by atoms with van der Waals surface area (Å²) in [6.07, 6.45) is 0. The summed E-state index contributed by atoms with van der Waals surface area (Å²) < 4.78 is 2.68. The van der Waals surface area contributed by atoms with Gasteiger partial charge in [0.25, 0.3) is 13.4 Å². The van der Waals surface area contributed by atoms with Crippen molar-refractivity contribution in [1.82, 2.24) is 0 Å². The minimum Gasteiger partial charge on any atom is -0.311 e. The molecule has 0 unspecified atom stereocenters. The highest BCUT2D eigenvalue weighted by Gasteiger charge is 2.48. The van der Waals surface area contributed by atoms with Gasteiger partial charge in [0, 0.05) is 77.4 Å². The van der Waals surface area contributed by atoms with Crippen molar-refractivity contribution in [1.29, 1.82) is 0 Å². The molecule has 4 aliphatic rings. The first kappa shape index (κ1) is 34.9. The van der Waals surface area contributed by atoms with Crippen molar-refractivity contribution in [3.8, 4) is 0 Å². The van der Waals surface area contributed by atoms with Crippen molar-refractivity contribution in [2.45, 2.75) is 0 Å². The second-order valence-corrected chi connectivity index (χ2v) is 17.9. The number of hydrogen-bond donors (Lipinski definition) is 0. The molecule has 0 aliphatic carbocycles. The molecule has 9 aromatic carbocycles. The fourth-order valence-corrected chi connectivity index (χ4v) is 12.5. The van der Waals surface area contributed by atoms with Gasteiger partial charge in [-0.15, -0.1) is 11.3 Å². The first-order chi connectivity index (χ1) is 31.3. The van der Waals surface area contributed by atoms with Crippen LogP contribution in [-0.2, 0) is 0 Å². The first-order valence-corrected chi connectivity index (χ1v) is 22.6. The molecular formula is C56H36B2N4S. The quantitative estimate of drug-likeness (QED) is 0.164.